The van der Waals surface area contributed by atoms with Gasteiger partial charge in [0, 0.05) is 17.2 Å². The molecule has 1 unspecified atom stereocenters. The molecule has 1 heterocycles. The molecule has 0 amide bonds. The Hall–Kier alpha value is -0.700. The molecule has 2 nitrogen and oxygen atoms in total. The number of hydrogen-bond donors (Lipinski definition) is 1. The normalized spacial score (nSPS) is 26.2. The Kier molecular flexibility index (Phi) is 2.22. The van der Waals surface area contributed by atoms with E-state index in [1.54, 1.807) is 0 Å². The second kappa shape index (κ2) is 3.39. The maximum atomic E-state index is 5.42. The third-order valence-corrected chi connectivity index (χ3v) is 4.41. The van der Waals surface area contributed by atoms with Crippen LogP contribution in [0.2, 0.25) is 0 Å². The number of aryl methyl sites for hydroxylation is 1. The first kappa shape index (κ1) is 10.5. The van der Waals surface area contributed by atoms with Gasteiger partial charge in [0.15, 0.2) is 0 Å². The summed E-state index contributed by atoms with van der Waals surface area (Å²) in [7, 11) is 0. The number of H-pyrrole nitrogens is 1. The second-order valence-corrected chi connectivity index (χ2v) is 6.22. The van der Waals surface area contributed by atoms with Crippen molar-refractivity contribution >= 4 is 12.2 Å². The molecule has 0 spiro atoms. The Bertz CT molecular complexity index is 487. The molecular weight excluding hydrogens is 216 g/mol. The topological polar surface area (TPSA) is 28.7 Å². The van der Waals surface area contributed by atoms with Crippen LogP contribution in [0.5, 0.6) is 0 Å². The molecule has 2 aliphatic carbocycles. The SMILES string of the molecule is CC1(C)CC1c1nc(=S)c2c([nH]1)CCCC2. The average Bonchev–Trinajstić information content (AvgIpc) is 2.88. The lowest BCUT2D eigenvalue weighted by molar-refractivity contribution is 0.596. The molecule has 1 aromatic heterocycles. The van der Waals surface area contributed by atoms with Gasteiger partial charge in [0.1, 0.15) is 10.5 Å². The molecule has 1 saturated carbocycles. The molecule has 1 atom stereocenters. The lowest BCUT2D eigenvalue weighted by Gasteiger charge is -2.16. The van der Waals surface area contributed by atoms with E-state index in [1.807, 2.05) is 0 Å². The number of aromatic amines is 1. The van der Waals surface area contributed by atoms with Gasteiger partial charge in [-0.3, -0.25) is 0 Å². The quantitative estimate of drug-likeness (QED) is 0.753. The monoisotopic (exact) mass is 234 g/mol. The Labute approximate surface area is 102 Å². The summed E-state index contributed by atoms with van der Waals surface area (Å²) in [5.74, 6) is 1.73. The summed E-state index contributed by atoms with van der Waals surface area (Å²) in [5, 5.41) is 0. The Morgan fingerprint density at radius 3 is 2.69 bits per heavy atom. The van der Waals surface area contributed by atoms with Crippen LogP contribution >= 0.6 is 12.2 Å². The van der Waals surface area contributed by atoms with Crippen molar-refractivity contribution in [2.24, 2.45) is 5.41 Å². The lowest BCUT2D eigenvalue weighted by Crippen LogP contribution is -2.10. The Morgan fingerprint density at radius 1 is 1.31 bits per heavy atom. The highest BCUT2D eigenvalue weighted by Crippen LogP contribution is 2.57. The van der Waals surface area contributed by atoms with E-state index in [0.29, 0.717) is 11.3 Å². The van der Waals surface area contributed by atoms with Crippen LogP contribution in [0.3, 0.4) is 0 Å². The van der Waals surface area contributed by atoms with E-state index in [4.69, 9.17) is 12.2 Å². The first-order chi connectivity index (χ1) is 7.58. The zero-order valence-corrected chi connectivity index (χ0v) is 10.8. The summed E-state index contributed by atoms with van der Waals surface area (Å²) in [4.78, 5) is 8.15. The van der Waals surface area contributed by atoms with Crippen LogP contribution in [0.1, 0.15) is 56.1 Å². The first-order valence-corrected chi connectivity index (χ1v) is 6.61. The Balaban J connectivity index is 2.03. The fraction of sp³-hybridized carbons (Fsp3) is 0.692. The molecule has 0 bridgehead atoms. The van der Waals surface area contributed by atoms with E-state index in [9.17, 15) is 0 Å². The van der Waals surface area contributed by atoms with Crippen LogP contribution in [-0.4, -0.2) is 9.97 Å². The molecule has 1 aromatic rings. The average molecular weight is 234 g/mol. The van der Waals surface area contributed by atoms with Gasteiger partial charge in [-0.15, -0.1) is 0 Å². The molecule has 0 aliphatic heterocycles. The van der Waals surface area contributed by atoms with E-state index >= 15 is 0 Å². The van der Waals surface area contributed by atoms with Crippen LogP contribution in [0, 0.1) is 10.1 Å². The minimum Gasteiger partial charge on any atom is -0.347 e. The number of hydrogen-bond acceptors (Lipinski definition) is 2. The maximum Gasteiger partial charge on any atom is 0.133 e. The minimum atomic E-state index is 0.425. The van der Waals surface area contributed by atoms with Crippen molar-refractivity contribution in [2.75, 3.05) is 0 Å². The van der Waals surface area contributed by atoms with Crippen LogP contribution in [-0.2, 0) is 12.8 Å². The van der Waals surface area contributed by atoms with Crippen LogP contribution < -0.4 is 0 Å². The van der Waals surface area contributed by atoms with Gasteiger partial charge in [-0.2, -0.15) is 0 Å². The van der Waals surface area contributed by atoms with E-state index < -0.39 is 0 Å². The molecule has 0 aromatic carbocycles. The van der Waals surface area contributed by atoms with Gasteiger partial charge in [0.05, 0.1) is 0 Å². The van der Waals surface area contributed by atoms with Crippen molar-refractivity contribution in [3.63, 3.8) is 0 Å². The second-order valence-electron chi connectivity index (χ2n) is 5.84. The Morgan fingerprint density at radius 2 is 2.00 bits per heavy atom. The maximum absolute atomic E-state index is 5.42. The fourth-order valence-electron chi connectivity index (χ4n) is 2.74. The molecule has 3 heteroatoms. The van der Waals surface area contributed by atoms with Gasteiger partial charge in [-0.1, -0.05) is 26.1 Å². The number of aromatic nitrogens is 2. The van der Waals surface area contributed by atoms with Gasteiger partial charge in [-0.05, 0) is 37.5 Å². The first-order valence-electron chi connectivity index (χ1n) is 6.20. The summed E-state index contributed by atoms with van der Waals surface area (Å²) in [6, 6.07) is 0. The van der Waals surface area contributed by atoms with Crippen LogP contribution in [0.4, 0.5) is 0 Å². The van der Waals surface area contributed by atoms with Crippen LogP contribution in [0.25, 0.3) is 0 Å². The number of rotatable bonds is 1. The molecule has 16 heavy (non-hydrogen) atoms. The summed E-state index contributed by atoms with van der Waals surface area (Å²) in [5.41, 5.74) is 3.10. The van der Waals surface area contributed by atoms with Crippen molar-refractivity contribution in [3.05, 3.63) is 21.7 Å². The number of nitrogens with one attached hydrogen (secondary N) is 1. The molecule has 2 aliphatic rings. The summed E-state index contributed by atoms with van der Waals surface area (Å²) >= 11 is 5.42. The molecule has 0 radical (unpaired) electrons. The van der Waals surface area contributed by atoms with Gasteiger partial charge in [0.2, 0.25) is 0 Å². The molecule has 1 fully saturated rings. The minimum absolute atomic E-state index is 0.425. The van der Waals surface area contributed by atoms with Gasteiger partial charge >= 0.3 is 0 Å². The number of fused-ring (bicyclic) bond motifs is 1. The third-order valence-electron chi connectivity index (χ3n) is 4.07. The summed E-state index contributed by atoms with van der Waals surface area (Å²) in [6.07, 6.45) is 6.06. The predicted octanol–water partition coefficient (Wildman–Crippen LogP) is 3.53. The third kappa shape index (κ3) is 1.61. The van der Waals surface area contributed by atoms with Crippen molar-refractivity contribution in [1.29, 1.82) is 0 Å². The summed E-state index contributed by atoms with van der Waals surface area (Å²) < 4.78 is 0.853. The lowest BCUT2D eigenvalue weighted by atomic mass is 9.97. The van der Waals surface area contributed by atoms with Gasteiger partial charge in [0.25, 0.3) is 0 Å². The van der Waals surface area contributed by atoms with E-state index in [0.717, 1.165) is 23.3 Å². The largest absolute Gasteiger partial charge is 0.347 e. The fourth-order valence-corrected chi connectivity index (χ4v) is 3.06. The highest BCUT2D eigenvalue weighted by atomic mass is 32.1. The van der Waals surface area contributed by atoms with Crippen molar-refractivity contribution in [2.45, 2.75) is 51.9 Å². The zero-order valence-electron chi connectivity index (χ0n) is 9.97. The predicted molar refractivity (Wildman–Crippen MR) is 67.2 cm³/mol. The summed E-state index contributed by atoms with van der Waals surface area (Å²) in [6.45, 7) is 4.60. The van der Waals surface area contributed by atoms with Gasteiger partial charge in [-0.25, -0.2) is 4.98 Å². The van der Waals surface area contributed by atoms with E-state index in [-0.39, 0.29) is 0 Å². The van der Waals surface area contributed by atoms with Gasteiger partial charge < -0.3 is 4.98 Å². The molecule has 3 rings (SSSR count). The zero-order chi connectivity index (χ0) is 11.3. The molecule has 0 saturated heterocycles. The van der Waals surface area contributed by atoms with E-state index in [1.165, 1.54) is 30.5 Å². The van der Waals surface area contributed by atoms with Crippen molar-refractivity contribution in [1.82, 2.24) is 9.97 Å². The van der Waals surface area contributed by atoms with Crippen molar-refractivity contribution < 1.29 is 0 Å². The highest BCUT2D eigenvalue weighted by Gasteiger charge is 2.48. The van der Waals surface area contributed by atoms with E-state index in [2.05, 4.69) is 23.8 Å². The smallest absolute Gasteiger partial charge is 0.133 e. The molecule has 1 N–H and O–H groups in total. The van der Waals surface area contributed by atoms with Crippen molar-refractivity contribution in [3.8, 4) is 0 Å². The highest BCUT2D eigenvalue weighted by molar-refractivity contribution is 7.71. The van der Waals surface area contributed by atoms with Crippen LogP contribution in [0.15, 0.2) is 0 Å². The number of nitrogens with zero attached hydrogens (tertiary/aromatic N) is 1. The standard InChI is InChI=1S/C13H18N2S/c1-13(2)7-9(13)11-14-10-6-4-3-5-8(10)12(16)15-11/h9H,3-7H2,1-2H3,(H,14,15,16). The molecule has 86 valence electrons. The molecular formula is C13H18N2S.